The molecule has 0 radical (unpaired) electrons. The van der Waals surface area contributed by atoms with E-state index in [4.69, 9.17) is 5.73 Å². The molecule has 0 unspecified atom stereocenters. The van der Waals surface area contributed by atoms with Crippen molar-refractivity contribution < 1.29 is 22.7 Å². The number of carbonyl (C=O) groups excluding carboxylic acids is 1. The molecule has 0 spiro atoms. The number of carbonyl (C=O) groups is 1. The highest BCUT2D eigenvalue weighted by Gasteiger charge is 2.20. The number of benzene rings is 1. The molecule has 3 rings (SSSR count). The molecule has 0 aliphatic heterocycles. The standard InChI is InChI=1S/C12H19N.C8H5F3O2/c13-12-8-6-11(7-9-12)10-4-2-1-3-5-10;1-13-8(12)4-2-5(9)7(11)6(10)3-4/h2,4-5,11-12H,1,3,6-9,13H2;2-3H,1H3. The predicted molar refractivity (Wildman–Crippen MR) is 94.0 cm³/mol. The second-order valence-electron chi connectivity index (χ2n) is 6.54. The SMILES string of the molecule is COC(=O)c1cc(F)c(F)c(F)c1.NC1CCC(C2=CCCC=C2)CC1. The van der Waals surface area contributed by atoms with Crippen LogP contribution in [0, 0.1) is 23.4 Å². The van der Waals surface area contributed by atoms with Crippen molar-refractivity contribution in [2.45, 2.75) is 44.6 Å². The van der Waals surface area contributed by atoms with Crippen molar-refractivity contribution in [1.82, 2.24) is 0 Å². The fourth-order valence-corrected chi connectivity index (χ4v) is 3.18. The summed E-state index contributed by atoms with van der Waals surface area (Å²) in [5.74, 6) is -4.54. The molecule has 1 aromatic carbocycles. The van der Waals surface area contributed by atoms with Crippen LogP contribution in [-0.2, 0) is 4.74 Å². The number of rotatable bonds is 2. The van der Waals surface area contributed by atoms with Crippen LogP contribution >= 0.6 is 0 Å². The van der Waals surface area contributed by atoms with Gasteiger partial charge in [-0.05, 0) is 62.1 Å². The monoisotopic (exact) mass is 367 g/mol. The molecule has 2 aliphatic rings. The molecular weight excluding hydrogens is 343 g/mol. The predicted octanol–water partition coefficient (Wildman–Crippen LogP) is 4.67. The highest BCUT2D eigenvalue weighted by atomic mass is 19.2. The van der Waals surface area contributed by atoms with E-state index < -0.39 is 23.4 Å². The van der Waals surface area contributed by atoms with Gasteiger partial charge in [0.25, 0.3) is 0 Å². The summed E-state index contributed by atoms with van der Waals surface area (Å²) in [5.41, 5.74) is 7.11. The number of methoxy groups -OCH3 is 1. The first-order valence-corrected chi connectivity index (χ1v) is 8.77. The molecule has 142 valence electrons. The minimum absolute atomic E-state index is 0.362. The number of esters is 1. The highest BCUT2D eigenvalue weighted by molar-refractivity contribution is 5.89. The molecule has 0 atom stereocenters. The van der Waals surface area contributed by atoms with Gasteiger partial charge in [-0.15, -0.1) is 0 Å². The highest BCUT2D eigenvalue weighted by Crippen LogP contribution is 2.31. The summed E-state index contributed by atoms with van der Waals surface area (Å²) in [6.45, 7) is 0. The number of halogens is 3. The Morgan fingerprint density at radius 1 is 1.08 bits per heavy atom. The average molecular weight is 367 g/mol. The zero-order valence-electron chi connectivity index (χ0n) is 14.8. The molecule has 0 amide bonds. The Hall–Kier alpha value is -2.08. The molecule has 0 bridgehead atoms. The third-order valence-corrected chi connectivity index (χ3v) is 4.67. The minimum Gasteiger partial charge on any atom is -0.465 e. The molecule has 1 saturated carbocycles. The van der Waals surface area contributed by atoms with Crippen molar-refractivity contribution in [3.05, 3.63) is 58.9 Å². The second kappa shape index (κ2) is 9.57. The summed E-state index contributed by atoms with van der Waals surface area (Å²) in [6.07, 6.45) is 14.6. The van der Waals surface area contributed by atoms with Gasteiger partial charge in [0.05, 0.1) is 12.7 Å². The lowest BCUT2D eigenvalue weighted by Gasteiger charge is -2.27. The first kappa shape index (κ1) is 20.2. The normalized spacial score (nSPS) is 22.1. The molecule has 1 aromatic rings. The largest absolute Gasteiger partial charge is 0.465 e. The lowest BCUT2D eigenvalue weighted by atomic mass is 9.80. The van der Waals surface area contributed by atoms with Crippen molar-refractivity contribution in [2.24, 2.45) is 11.7 Å². The van der Waals surface area contributed by atoms with Gasteiger partial charge in [0.15, 0.2) is 17.5 Å². The van der Waals surface area contributed by atoms with E-state index in [0.717, 1.165) is 13.0 Å². The lowest BCUT2D eigenvalue weighted by molar-refractivity contribution is 0.0599. The maximum atomic E-state index is 12.5. The van der Waals surface area contributed by atoms with Crippen LogP contribution in [0.1, 0.15) is 48.9 Å². The number of nitrogens with two attached hydrogens (primary N) is 1. The van der Waals surface area contributed by atoms with Crippen molar-refractivity contribution in [1.29, 1.82) is 0 Å². The Morgan fingerprint density at radius 3 is 2.19 bits per heavy atom. The Balaban J connectivity index is 0.000000187. The Bertz CT molecular complexity index is 669. The first-order valence-electron chi connectivity index (χ1n) is 8.77. The Labute approximate surface area is 151 Å². The van der Waals surface area contributed by atoms with Crippen LogP contribution < -0.4 is 5.73 Å². The van der Waals surface area contributed by atoms with E-state index in [9.17, 15) is 18.0 Å². The topological polar surface area (TPSA) is 52.3 Å². The summed E-state index contributed by atoms with van der Waals surface area (Å²) < 4.78 is 41.6. The van der Waals surface area contributed by atoms with Gasteiger partial charge >= 0.3 is 5.97 Å². The van der Waals surface area contributed by atoms with Gasteiger partial charge in [-0.1, -0.05) is 18.2 Å². The van der Waals surface area contributed by atoms with Crippen molar-refractivity contribution in [2.75, 3.05) is 7.11 Å². The molecule has 2 N–H and O–H groups in total. The number of hydrogen-bond donors (Lipinski definition) is 1. The Morgan fingerprint density at radius 2 is 1.69 bits per heavy atom. The van der Waals surface area contributed by atoms with E-state index >= 15 is 0 Å². The smallest absolute Gasteiger partial charge is 0.338 e. The van der Waals surface area contributed by atoms with Gasteiger partial charge in [0.2, 0.25) is 0 Å². The van der Waals surface area contributed by atoms with Crippen LogP contribution in [0.4, 0.5) is 13.2 Å². The number of hydrogen-bond acceptors (Lipinski definition) is 3. The fraction of sp³-hybridized carbons (Fsp3) is 0.450. The number of allylic oxidation sites excluding steroid dienone is 4. The van der Waals surface area contributed by atoms with Crippen LogP contribution in [-0.4, -0.2) is 19.1 Å². The fourth-order valence-electron chi connectivity index (χ4n) is 3.18. The maximum Gasteiger partial charge on any atom is 0.338 e. The van der Waals surface area contributed by atoms with Crippen molar-refractivity contribution >= 4 is 5.97 Å². The van der Waals surface area contributed by atoms with E-state index in [1.807, 2.05) is 0 Å². The summed E-state index contributed by atoms with van der Waals surface area (Å²) in [6, 6.07) is 1.62. The molecule has 1 fully saturated rings. The van der Waals surface area contributed by atoms with Crippen molar-refractivity contribution in [3.8, 4) is 0 Å². The molecular formula is C20H24F3NO2. The van der Waals surface area contributed by atoms with Crippen molar-refractivity contribution in [3.63, 3.8) is 0 Å². The van der Waals surface area contributed by atoms with E-state index in [-0.39, 0.29) is 5.56 Å². The Kier molecular flexibility index (Phi) is 7.45. The lowest BCUT2D eigenvalue weighted by Crippen LogP contribution is -2.27. The quantitative estimate of drug-likeness (QED) is 0.610. The van der Waals surface area contributed by atoms with Crippen LogP contribution in [0.15, 0.2) is 35.9 Å². The van der Waals surface area contributed by atoms with Crippen LogP contribution in [0.2, 0.25) is 0 Å². The van der Waals surface area contributed by atoms with Gasteiger partial charge < -0.3 is 10.5 Å². The van der Waals surface area contributed by atoms with E-state index in [2.05, 4.69) is 23.0 Å². The third kappa shape index (κ3) is 5.46. The van der Waals surface area contributed by atoms with Gasteiger partial charge in [-0.2, -0.15) is 0 Å². The number of ether oxygens (including phenoxy) is 1. The van der Waals surface area contributed by atoms with Gasteiger partial charge in [-0.3, -0.25) is 0 Å². The first-order chi connectivity index (χ1) is 12.4. The molecule has 26 heavy (non-hydrogen) atoms. The third-order valence-electron chi connectivity index (χ3n) is 4.67. The molecule has 0 saturated heterocycles. The van der Waals surface area contributed by atoms with Gasteiger partial charge in [0, 0.05) is 6.04 Å². The molecule has 3 nitrogen and oxygen atoms in total. The summed E-state index contributed by atoms with van der Waals surface area (Å²) in [7, 11) is 1.06. The van der Waals surface area contributed by atoms with Gasteiger partial charge in [-0.25, -0.2) is 18.0 Å². The van der Waals surface area contributed by atoms with Crippen LogP contribution in [0.25, 0.3) is 0 Å². The van der Waals surface area contributed by atoms with E-state index in [1.165, 1.54) is 38.5 Å². The molecule has 2 aliphatic carbocycles. The summed E-state index contributed by atoms with van der Waals surface area (Å²) >= 11 is 0. The summed E-state index contributed by atoms with van der Waals surface area (Å²) in [5, 5.41) is 0. The average Bonchev–Trinajstić information content (AvgIpc) is 2.67. The van der Waals surface area contributed by atoms with Crippen LogP contribution in [0.5, 0.6) is 0 Å². The molecule has 6 heteroatoms. The minimum atomic E-state index is -1.60. The summed E-state index contributed by atoms with van der Waals surface area (Å²) in [4.78, 5) is 10.8. The zero-order chi connectivity index (χ0) is 19.1. The van der Waals surface area contributed by atoms with E-state index in [0.29, 0.717) is 18.2 Å². The van der Waals surface area contributed by atoms with E-state index in [1.54, 1.807) is 5.57 Å². The molecule has 0 aromatic heterocycles. The molecule has 0 heterocycles. The zero-order valence-corrected chi connectivity index (χ0v) is 14.8. The van der Waals surface area contributed by atoms with Crippen LogP contribution in [0.3, 0.4) is 0 Å². The second-order valence-corrected chi connectivity index (χ2v) is 6.54. The van der Waals surface area contributed by atoms with Gasteiger partial charge in [0.1, 0.15) is 0 Å². The maximum absolute atomic E-state index is 12.5.